The van der Waals surface area contributed by atoms with Gasteiger partial charge in [-0.2, -0.15) is 18.3 Å². The molecule has 2 aliphatic rings. The molecule has 2 aromatic rings. The molecule has 0 radical (unpaired) electrons. The summed E-state index contributed by atoms with van der Waals surface area (Å²) < 4.78 is 53.1. The molecular weight excluding hydrogens is 473 g/mol. The fourth-order valence-corrected chi connectivity index (χ4v) is 4.09. The average molecular weight is 505 g/mol. The smallest absolute Gasteiger partial charge is 0.420 e. The zero-order valence-electron chi connectivity index (χ0n) is 20.3. The third kappa shape index (κ3) is 6.74. The van der Waals surface area contributed by atoms with Crippen molar-refractivity contribution in [2.75, 3.05) is 58.3 Å². The number of likely N-dealkylation sites (N-methyl/N-ethyl adjacent to an activating group) is 1. The van der Waals surface area contributed by atoms with Crippen LogP contribution in [0.3, 0.4) is 0 Å². The predicted molar refractivity (Wildman–Crippen MR) is 134 cm³/mol. The summed E-state index contributed by atoms with van der Waals surface area (Å²) in [4.78, 5) is 8.01. The molecule has 2 N–H and O–H groups in total. The first-order valence-electron chi connectivity index (χ1n) is 11.9. The van der Waals surface area contributed by atoms with Crippen LogP contribution in [0.25, 0.3) is 0 Å². The molecule has 0 bridgehead atoms. The first kappa shape index (κ1) is 25.9. The van der Waals surface area contributed by atoms with Crippen LogP contribution >= 0.6 is 0 Å². The molecule has 1 fully saturated rings. The van der Waals surface area contributed by atoms with Crippen LogP contribution in [0.5, 0.6) is 5.75 Å². The first-order valence-corrected chi connectivity index (χ1v) is 11.9. The molecule has 0 aliphatic carbocycles. The Labute approximate surface area is 208 Å². The molecule has 0 atom stereocenters. The van der Waals surface area contributed by atoms with Crippen molar-refractivity contribution in [1.82, 2.24) is 15.1 Å². The highest BCUT2D eigenvalue weighted by molar-refractivity contribution is 6.12. The van der Waals surface area contributed by atoms with E-state index in [9.17, 15) is 13.2 Å². The van der Waals surface area contributed by atoms with Crippen molar-refractivity contribution in [3.63, 3.8) is 0 Å². The number of alkyl halides is 3. The van der Waals surface area contributed by atoms with Crippen molar-refractivity contribution >= 4 is 18.1 Å². The van der Waals surface area contributed by atoms with Crippen LogP contribution in [0.2, 0.25) is 0 Å². The van der Waals surface area contributed by atoms with E-state index in [1.54, 1.807) is 30.3 Å². The zero-order chi connectivity index (χ0) is 25.5. The Morgan fingerprint density at radius 1 is 1.22 bits per heavy atom. The van der Waals surface area contributed by atoms with Crippen LogP contribution in [-0.4, -0.2) is 81.3 Å². The monoisotopic (exact) mass is 504 g/mol. The molecule has 0 spiro atoms. The van der Waals surface area contributed by atoms with Crippen molar-refractivity contribution < 1.29 is 22.3 Å². The van der Waals surface area contributed by atoms with E-state index in [1.165, 1.54) is 0 Å². The van der Waals surface area contributed by atoms with Gasteiger partial charge in [-0.15, -0.1) is 0 Å². The van der Waals surface area contributed by atoms with Gasteiger partial charge in [0.15, 0.2) is 5.76 Å². The summed E-state index contributed by atoms with van der Waals surface area (Å²) in [7, 11) is 2.12. The maximum Gasteiger partial charge on any atom is 0.420 e. The molecule has 0 saturated carbocycles. The van der Waals surface area contributed by atoms with Crippen molar-refractivity contribution in [3.05, 3.63) is 59.2 Å². The number of benzene rings is 1. The summed E-state index contributed by atoms with van der Waals surface area (Å²) in [6.45, 7) is 9.95. The lowest BCUT2D eigenvalue weighted by atomic mass is 10.1. The number of nitrogens with zero attached hydrogens (tertiary/aromatic N) is 4. The number of halogens is 3. The molecule has 8 nitrogen and oxygen atoms in total. The maximum atomic E-state index is 13.8. The molecule has 1 saturated heterocycles. The van der Waals surface area contributed by atoms with Gasteiger partial charge in [0.25, 0.3) is 0 Å². The predicted octanol–water partition coefficient (Wildman–Crippen LogP) is 3.51. The van der Waals surface area contributed by atoms with Crippen LogP contribution in [-0.2, 0) is 13.0 Å². The van der Waals surface area contributed by atoms with Gasteiger partial charge >= 0.3 is 6.18 Å². The van der Waals surface area contributed by atoms with E-state index in [0.29, 0.717) is 49.5 Å². The minimum Gasteiger partial charge on any atom is -0.492 e. The third-order valence-electron chi connectivity index (χ3n) is 6.18. The second-order valence-electron chi connectivity index (χ2n) is 8.80. The van der Waals surface area contributed by atoms with E-state index in [-0.39, 0.29) is 5.76 Å². The van der Waals surface area contributed by atoms with Gasteiger partial charge in [-0.25, -0.2) is 0 Å². The number of hydrogen-bond acceptors (Lipinski definition) is 8. The van der Waals surface area contributed by atoms with Gasteiger partial charge < -0.3 is 19.4 Å². The third-order valence-corrected chi connectivity index (χ3v) is 6.18. The number of aliphatic imine (C=N–C) groups is 1. The van der Waals surface area contributed by atoms with E-state index >= 15 is 0 Å². The Bertz CT molecular complexity index is 1060. The molecule has 4 rings (SSSR count). The summed E-state index contributed by atoms with van der Waals surface area (Å²) in [6.07, 6.45) is -3.45. The molecular formula is C25H31F3N6O2. The molecule has 3 heterocycles. The SMILES string of the molecule is C=N/C=C(\C(=N/Nc1ccc(OCCN2CCN(C)CC2)cc1)c1cc2c(o1)CCNC2)C(F)(F)F. The number of furan rings is 1. The Morgan fingerprint density at radius 3 is 2.64 bits per heavy atom. The van der Waals surface area contributed by atoms with Gasteiger partial charge in [0, 0.05) is 64.0 Å². The van der Waals surface area contributed by atoms with E-state index in [1.807, 2.05) is 0 Å². The Balaban J connectivity index is 1.45. The van der Waals surface area contributed by atoms with E-state index < -0.39 is 17.5 Å². The van der Waals surface area contributed by atoms with Gasteiger partial charge in [0.05, 0.1) is 5.69 Å². The number of ether oxygens (including phenoxy) is 1. The molecule has 1 aromatic carbocycles. The lowest BCUT2D eigenvalue weighted by molar-refractivity contribution is -0.0862. The average Bonchev–Trinajstić information content (AvgIpc) is 3.29. The van der Waals surface area contributed by atoms with Crippen LogP contribution in [0.4, 0.5) is 18.9 Å². The topological polar surface area (TPSA) is 77.6 Å². The number of anilines is 1. The van der Waals surface area contributed by atoms with Crippen molar-refractivity contribution in [1.29, 1.82) is 0 Å². The number of hydrazone groups is 1. The number of allylic oxidation sites excluding steroid dienone is 1. The van der Waals surface area contributed by atoms with E-state index in [4.69, 9.17) is 9.15 Å². The number of rotatable bonds is 9. The summed E-state index contributed by atoms with van der Waals surface area (Å²) in [5, 5.41) is 7.26. The number of piperazine rings is 1. The minimum absolute atomic E-state index is 0.0206. The molecule has 194 valence electrons. The Hall–Kier alpha value is -3.15. The van der Waals surface area contributed by atoms with E-state index in [0.717, 1.165) is 38.3 Å². The zero-order valence-corrected chi connectivity index (χ0v) is 20.3. The van der Waals surface area contributed by atoms with Crippen LogP contribution in [0, 0.1) is 0 Å². The Morgan fingerprint density at radius 2 is 1.97 bits per heavy atom. The quantitative estimate of drug-likeness (QED) is 0.402. The largest absolute Gasteiger partial charge is 0.492 e. The number of hydrogen-bond donors (Lipinski definition) is 2. The van der Waals surface area contributed by atoms with Gasteiger partial charge in [0.1, 0.15) is 29.4 Å². The summed E-state index contributed by atoms with van der Waals surface area (Å²) in [5.74, 6) is 1.35. The van der Waals surface area contributed by atoms with E-state index in [2.05, 4.69) is 44.4 Å². The number of nitrogens with one attached hydrogen (secondary N) is 2. The highest BCUT2D eigenvalue weighted by atomic mass is 19.4. The fraction of sp³-hybridized carbons (Fsp3) is 0.440. The summed E-state index contributed by atoms with van der Waals surface area (Å²) >= 11 is 0. The molecule has 36 heavy (non-hydrogen) atoms. The van der Waals surface area contributed by atoms with Crippen molar-refractivity contribution in [2.45, 2.75) is 19.1 Å². The lowest BCUT2D eigenvalue weighted by Gasteiger charge is -2.32. The van der Waals surface area contributed by atoms with Crippen LogP contribution < -0.4 is 15.5 Å². The molecule has 0 unspecified atom stereocenters. The summed E-state index contributed by atoms with van der Waals surface area (Å²) in [5.41, 5.74) is 2.59. The fourth-order valence-electron chi connectivity index (χ4n) is 4.09. The summed E-state index contributed by atoms with van der Waals surface area (Å²) in [6, 6.07) is 8.50. The molecule has 0 amide bonds. The normalized spacial score (nSPS) is 18.1. The second kappa shape index (κ2) is 11.7. The van der Waals surface area contributed by atoms with Crippen molar-refractivity contribution in [2.24, 2.45) is 10.1 Å². The van der Waals surface area contributed by atoms with Crippen LogP contribution in [0.15, 0.2) is 56.6 Å². The highest BCUT2D eigenvalue weighted by Crippen LogP contribution is 2.31. The highest BCUT2D eigenvalue weighted by Gasteiger charge is 2.39. The van der Waals surface area contributed by atoms with Gasteiger partial charge in [0.2, 0.25) is 0 Å². The molecule has 2 aliphatic heterocycles. The standard InChI is InChI=1S/C25H31F3N6O2/c1-29-17-21(25(26,27)28)24(23-15-18-16-30-8-7-22(18)36-23)32-31-19-3-5-20(6-4-19)35-14-13-34-11-9-33(2)10-12-34/h3-6,15,17,30-31H,1,7-14,16H2,2H3/b21-17+,32-24+. The van der Waals surface area contributed by atoms with Crippen molar-refractivity contribution in [3.8, 4) is 5.75 Å². The van der Waals surface area contributed by atoms with Crippen LogP contribution in [0.1, 0.15) is 17.1 Å². The molecule has 11 heteroatoms. The second-order valence-corrected chi connectivity index (χ2v) is 8.80. The molecule has 1 aromatic heterocycles. The van der Waals surface area contributed by atoms with Gasteiger partial charge in [-0.1, -0.05) is 0 Å². The van der Waals surface area contributed by atoms with Gasteiger partial charge in [-0.3, -0.25) is 15.3 Å². The first-order chi connectivity index (χ1) is 17.3. The van der Waals surface area contributed by atoms with Gasteiger partial charge in [-0.05, 0) is 44.1 Å². The lowest BCUT2D eigenvalue weighted by Crippen LogP contribution is -2.45. The number of fused-ring (bicyclic) bond motifs is 1. The minimum atomic E-state index is -4.70. The maximum absolute atomic E-state index is 13.8. The Kier molecular flexibility index (Phi) is 8.44.